The van der Waals surface area contributed by atoms with Gasteiger partial charge in [0, 0.05) is 25.5 Å². The van der Waals surface area contributed by atoms with E-state index in [1.54, 1.807) is 31.4 Å². The summed E-state index contributed by atoms with van der Waals surface area (Å²) in [4.78, 5) is 30.0. The Bertz CT molecular complexity index is 1150. The van der Waals surface area contributed by atoms with Crippen molar-refractivity contribution in [2.75, 3.05) is 31.4 Å². The molecule has 3 aromatic carbocycles. The highest BCUT2D eigenvalue weighted by Crippen LogP contribution is 2.32. The van der Waals surface area contributed by atoms with E-state index in [4.69, 9.17) is 4.74 Å². The molecule has 0 radical (unpaired) electrons. The minimum atomic E-state index is -0.346. The lowest BCUT2D eigenvalue weighted by atomic mass is 10.0. The van der Waals surface area contributed by atoms with E-state index in [9.17, 15) is 9.59 Å². The molecule has 1 aliphatic heterocycles. The Morgan fingerprint density at radius 3 is 2.09 bits per heavy atom. The van der Waals surface area contributed by atoms with Crippen molar-refractivity contribution in [2.24, 2.45) is 0 Å². The fraction of sp³-hybridized carbons (Fsp3) is 0.154. The number of nitrogens with zero attached hydrogens (tertiary/aromatic N) is 2. The van der Waals surface area contributed by atoms with E-state index in [2.05, 4.69) is 5.32 Å². The third-order valence-corrected chi connectivity index (χ3v) is 5.38. The molecule has 1 N–H and O–H groups in total. The van der Waals surface area contributed by atoms with Crippen molar-refractivity contribution in [2.45, 2.75) is 6.54 Å². The smallest absolute Gasteiger partial charge is 0.278 e. The summed E-state index contributed by atoms with van der Waals surface area (Å²) in [5, 5.41) is 3.20. The first-order chi connectivity index (χ1) is 15.5. The molecule has 6 nitrogen and oxygen atoms in total. The Morgan fingerprint density at radius 2 is 1.50 bits per heavy atom. The van der Waals surface area contributed by atoms with Crippen molar-refractivity contribution in [3.63, 3.8) is 0 Å². The van der Waals surface area contributed by atoms with E-state index in [1.165, 1.54) is 4.90 Å². The second-order valence-electron chi connectivity index (χ2n) is 7.73. The zero-order valence-electron chi connectivity index (χ0n) is 18.3. The Hall–Kier alpha value is -4.06. The monoisotopic (exact) mass is 427 g/mol. The molecular formula is C26H25N3O3. The number of ether oxygens (including phenoxy) is 1. The van der Waals surface area contributed by atoms with E-state index >= 15 is 0 Å². The van der Waals surface area contributed by atoms with E-state index in [0.717, 1.165) is 16.9 Å². The van der Waals surface area contributed by atoms with Gasteiger partial charge in [-0.15, -0.1) is 0 Å². The molecule has 162 valence electrons. The number of anilines is 2. The quantitative estimate of drug-likeness (QED) is 0.574. The molecule has 0 saturated carbocycles. The summed E-state index contributed by atoms with van der Waals surface area (Å²) in [5.41, 5.74) is 3.95. The summed E-state index contributed by atoms with van der Waals surface area (Å²) < 4.78 is 5.23. The lowest BCUT2D eigenvalue weighted by molar-refractivity contribution is -0.137. The highest BCUT2D eigenvalue weighted by molar-refractivity contribution is 6.36. The van der Waals surface area contributed by atoms with Crippen LogP contribution in [0.2, 0.25) is 0 Å². The van der Waals surface area contributed by atoms with Gasteiger partial charge in [0.1, 0.15) is 11.4 Å². The van der Waals surface area contributed by atoms with Crippen LogP contribution >= 0.6 is 0 Å². The molecule has 1 aliphatic rings. The second-order valence-corrected chi connectivity index (χ2v) is 7.73. The number of carbonyl (C=O) groups excluding carboxylic acids is 2. The first kappa shape index (κ1) is 21.2. The SMILES string of the molecule is COc1ccc(C2=C(Nc3ccc(N(C)C)cc3)C(=O)N(Cc3ccccc3)C2=O)cc1. The Kier molecular flexibility index (Phi) is 5.94. The predicted molar refractivity (Wildman–Crippen MR) is 126 cm³/mol. The van der Waals surface area contributed by atoms with Crippen molar-refractivity contribution < 1.29 is 14.3 Å². The number of rotatable bonds is 7. The molecule has 0 saturated heterocycles. The van der Waals surface area contributed by atoms with Gasteiger partial charge in [0.15, 0.2) is 0 Å². The molecular weight excluding hydrogens is 402 g/mol. The molecule has 6 heteroatoms. The molecule has 0 fully saturated rings. The van der Waals surface area contributed by atoms with E-state index in [0.29, 0.717) is 16.9 Å². The van der Waals surface area contributed by atoms with E-state index in [-0.39, 0.29) is 24.1 Å². The van der Waals surface area contributed by atoms with Gasteiger partial charge >= 0.3 is 0 Å². The summed E-state index contributed by atoms with van der Waals surface area (Å²) in [6, 6.07) is 24.3. The third-order valence-electron chi connectivity index (χ3n) is 5.38. The largest absolute Gasteiger partial charge is 0.497 e. The maximum atomic E-state index is 13.4. The number of hydrogen-bond acceptors (Lipinski definition) is 5. The van der Waals surface area contributed by atoms with Crippen LogP contribution in [-0.2, 0) is 16.1 Å². The van der Waals surface area contributed by atoms with Gasteiger partial charge in [0.25, 0.3) is 11.8 Å². The van der Waals surface area contributed by atoms with Gasteiger partial charge in [-0.3, -0.25) is 14.5 Å². The number of methoxy groups -OCH3 is 1. The molecule has 0 unspecified atom stereocenters. The van der Waals surface area contributed by atoms with Gasteiger partial charge in [-0.05, 0) is 47.5 Å². The molecule has 0 aromatic heterocycles. The normalized spacial score (nSPS) is 13.5. The average Bonchev–Trinajstić information content (AvgIpc) is 3.04. The van der Waals surface area contributed by atoms with Crippen LogP contribution in [0.4, 0.5) is 11.4 Å². The van der Waals surface area contributed by atoms with Gasteiger partial charge < -0.3 is 15.0 Å². The van der Waals surface area contributed by atoms with E-state index < -0.39 is 0 Å². The number of imide groups is 1. The van der Waals surface area contributed by atoms with Gasteiger partial charge in [-0.25, -0.2) is 0 Å². The number of hydrogen-bond donors (Lipinski definition) is 1. The van der Waals surface area contributed by atoms with Crippen molar-refractivity contribution in [1.82, 2.24) is 4.90 Å². The molecule has 4 rings (SSSR count). The molecule has 0 spiro atoms. The van der Waals surface area contributed by atoms with Gasteiger partial charge in [-0.2, -0.15) is 0 Å². The standard InChI is InChI=1S/C26H25N3O3/c1-28(2)21-13-11-20(12-14-21)27-24-23(19-9-15-22(32-3)16-10-19)25(30)29(26(24)31)17-18-7-5-4-6-8-18/h4-16,27H,17H2,1-3H3. The highest BCUT2D eigenvalue weighted by Gasteiger charge is 2.39. The molecule has 2 amide bonds. The molecule has 0 bridgehead atoms. The Balaban J connectivity index is 1.71. The summed E-state index contributed by atoms with van der Waals surface area (Å²) in [6.45, 7) is 0.211. The van der Waals surface area contributed by atoms with Crippen LogP contribution in [0.15, 0.2) is 84.6 Å². The topological polar surface area (TPSA) is 61.9 Å². The van der Waals surface area contributed by atoms with Crippen molar-refractivity contribution >= 4 is 28.8 Å². The maximum absolute atomic E-state index is 13.4. The average molecular weight is 428 g/mol. The lowest BCUT2D eigenvalue weighted by Gasteiger charge is -2.16. The first-order valence-corrected chi connectivity index (χ1v) is 10.3. The minimum Gasteiger partial charge on any atom is -0.497 e. The summed E-state index contributed by atoms with van der Waals surface area (Å²) in [7, 11) is 5.52. The number of amides is 2. The predicted octanol–water partition coefficient (Wildman–Crippen LogP) is 4.15. The third kappa shape index (κ3) is 4.21. The van der Waals surface area contributed by atoms with Gasteiger partial charge in [0.05, 0.1) is 19.2 Å². The Labute approximate surface area is 187 Å². The molecule has 0 aliphatic carbocycles. The molecule has 1 heterocycles. The molecule has 0 atom stereocenters. The molecule has 32 heavy (non-hydrogen) atoms. The first-order valence-electron chi connectivity index (χ1n) is 10.3. The lowest BCUT2D eigenvalue weighted by Crippen LogP contribution is -2.31. The van der Waals surface area contributed by atoms with Crippen molar-refractivity contribution in [3.05, 3.63) is 95.7 Å². The van der Waals surface area contributed by atoms with Crippen molar-refractivity contribution in [3.8, 4) is 5.75 Å². The van der Waals surface area contributed by atoms with Crippen LogP contribution in [0.25, 0.3) is 5.57 Å². The van der Waals surface area contributed by atoms with Crippen LogP contribution < -0.4 is 15.0 Å². The minimum absolute atomic E-state index is 0.211. The fourth-order valence-electron chi connectivity index (χ4n) is 3.61. The fourth-order valence-corrected chi connectivity index (χ4v) is 3.61. The molecule has 3 aromatic rings. The van der Waals surface area contributed by atoms with Crippen LogP contribution in [0.3, 0.4) is 0 Å². The summed E-state index contributed by atoms with van der Waals surface area (Å²) in [6.07, 6.45) is 0. The number of carbonyl (C=O) groups is 2. The van der Waals surface area contributed by atoms with Crippen LogP contribution in [0, 0.1) is 0 Å². The summed E-state index contributed by atoms with van der Waals surface area (Å²) in [5.74, 6) is 0.0128. The van der Waals surface area contributed by atoms with Crippen LogP contribution in [-0.4, -0.2) is 37.9 Å². The van der Waals surface area contributed by atoms with Crippen molar-refractivity contribution in [1.29, 1.82) is 0 Å². The summed E-state index contributed by atoms with van der Waals surface area (Å²) >= 11 is 0. The zero-order chi connectivity index (χ0) is 22.7. The van der Waals surface area contributed by atoms with Crippen LogP contribution in [0.1, 0.15) is 11.1 Å². The maximum Gasteiger partial charge on any atom is 0.278 e. The van der Waals surface area contributed by atoms with E-state index in [1.807, 2.05) is 73.6 Å². The van der Waals surface area contributed by atoms with Gasteiger partial charge in [-0.1, -0.05) is 42.5 Å². The number of benzene rings is 3. The van der Waals surface area contributed by atoms with Crippen LogP contribution in [0.5, 0.6) is 5.75 Å². The highest BCUT2D eigenvalue weighted by atomic mass is 16.5. The second kappa shape index (κ2) is 8.98. The number of nitrogens with one attached hydrogen (secondary N) is 1. The zero-order valence-corrected chi connectivity index (χ0v) is 18.3. The van der Waals surface area contributed by atoms with Gasteiger partial charge in [0.2, 0.25) is 0 Å². The Morgan fingerprint density at radius 1 is 0.844 bits per heavy atom.